The molecule has 20 heavy (non-hydrogen) atoms. The van der Waals surface area contributed by atoms with E-state index >= 15 is 0 Å². The Morgan fingerprint density at radius 3 is 2.60 bits per heavy atom. The fourth-order valence-electron chi connectivity index (χ4n) is 1.79. The standard InChI is InChI=1S/C15H23ClN2O2/c1-10-7-11(9-12(16)8-10)13(17)5-6-18-14(19)20-15(2,3)4/h7-9,13H,5-6,17H2,1-4H3,(H,18,19). The van der Waals surface area contributed by atoms with Gasteiger partial charge in [-0.1, -0.05) is 17.7 Å². The molecule has 4 nitrogen and oxygen atoms in total. The van der Waals surface area contributed by atoms with Gasteiger partial charge in [0.25, 0.3) is 0 Å². The van der Waals surface area contributed by atoms with Crippen molar-refractivity contribution in [3.63, 3.8) is 0 Å². The number of halogens is 1. The van der Waals surface area contributed by atoms with E-state index in [1.807, 2.05) is 45.9 Å². The van der Waals surface area contributed by atoms with Crippen molar-refractivity contribution in [2.75, 3.05) is 6.54 Å². The summed E-state index contributed by atoms with van der Waals surface area (Å²) >= 11 is 6.01. The number of carbonyl (C=O) groups excluding carboxylic acids is 1. The van der Waals surface area contributed by atoms with Crippen LogP contribution < -0.4 is 11.1 Å². The van der Waals surface area contributed by atoms with Gasteiger partial charge in [-0.05, 0) is 57.4 Å². The van der Waals surface area contributed by atoms with Gasteiger partial charge >= 0.3 is 6.09 Å². The van der Waals surface area contributed by atoms with Crippen LogP contribution in [0.3, 0.4) is 0 Å². The Morgan fingerprint density at radius 1 is 1.40 bits per heavy atom. The molecule has 0 aliphatic rings. The molecule has 0 radical (unpaired) electrons. The molecule has 1 aromatic rings. The third kappa shape index (κ3) is 6.26. The molecule has 1 atom stereocenters. The van der Waals surface area contributed by atoms with Gasteiger partial charge in [-0.15, -0.1) is 0 Å². The molecule has 1 aromatic carbocycles. The van der Waals surface area contributed by atoms with Crippen molar-refractivity contribution in [3.05, 3.63) is 34.3 Å². The largest absolute Gasteiger partial charge is 0.444 e. The number of nitrogens with two attached hydrogens (primary N) is 1. The van der Waals surface area contributed by atoms with Crippen LogP contribution in [-0.4, -0.2) is 18.2 Å². The molecule has 0 saturated carbocycles. The molecule has 0 fully saturated rings. The molecule has 1 unspecified atom stereocenters. The molecule has 0 aliphatic heterocycles. The van der Waals surface area contributed by atoms with E-state index in [2.05, 4.69) is 5.32 Å². The predicted molar refractivity (Wildman–Crippen MR) is 82.0 cm³/mol. The van der Waals surface area contributed by atoms with Crippen molar-refractivity contribution >= 4 is 17.7 Å². The van der Waals surface area contributed by atoms with Crippen LogP contribution in [0.25, 0.3) is 0 Å². The number of nitrogens with one attached hydrogen (secondary N) is 1. The first kappa shape index (κ1) is 16.8. The molecule has 0 heterocycles. The Morgan fingerprint density at radius 2 is 2.05 bits per heavy atom. The molecule has 0 spiro atoms. The Balaban J connectivity index is 2.44. The summed E-state index contributed by atoms with van der Waals surface area (Å²) < 4.78 is 5.15. The number of carbonyl (C=O) groups is 1. The molecule has 0 bridgehead atoms. The summed E-state index contributed by atoms with van der Waals surface area (Å²) in [4.78, 5) is 11.5. The zero-order valence-electron chi connectivity index (χ0n) is 12.5. The van der Waals surface area contributed by atoms with Crippen molar-refractivity contribution in [1.82, 2.24) is 5.32 Å². The van der Waals surface area contributed by atoms with Crippen LogP contribution in [0.4, 0.5) is 4.79 Å². The number of hydrogen-bond donors (Lipinski definition) is 2. The number of ether oxygens (including phenoxy) is 1. The van der Waals surface area contributed by atoms with Crippen molar-refractivity contribution < 1.29 is 9.53 Å². The average molecular weight is 299 g/mol. The molecule has 0 aromatic heterocycles. The van der Waals surface area contributed by atoms with Crippen LogP contribution in [0.5, 0.6) is 0 Å². The summed E-state index contributed by atoms with van der Waals surface area (Å²) in [5, 5.41) is 3.37. The van der Waals surface area contributed by atoms with Crippen LogP contribution in [0.15, 0.2) is 18.2 Å². The van der Waals surface area contributed by atoms with Crippen molar-refractivity contribution in [2.24, 2.45) is 5.73 Å². The maximum atomic E-state index is 11.5. The minimum atomic E-state index is -0.490. The first-order valence-corrected chi connectivity index (χ1v) is 7.05. The van der Waals surface area contributed by atoms with E-state index in [9.17, 15) is 4.79 Å². The van der Waals surface area contributed by atoms with Crippen LogP contribution in [-0.2, 0) is 4.74 Å². The number of benzene rings is 1. The maximum Gasteiger partial charge on any atom is 0.407 e. The number of rotatable bonds is 4. The molecule has 1 rings (SSSR count). The highest BCUT2D eigenvalue weighted by Crippen LogP contribution is 2.20. The molecule has 5 heteroatoms. The fraction of sp³-hybridized carbons (Fsp3) is 0.533. The molecule has 1 amide bonds. The van der Waals surface area contributed by atoms with Crippen molar-refractivity contribution in [1.29, 1.82) is 0 Å². The summed E-state index contributed by atoms with van der Waals surface area (Å²) in [6.45, 7) is 7.91. The van der Waals surface area contributed by atoms with E-state index in [4.69, 9.17) is 22.1 Å². The molecular formula is C15H23ClN2O2. The van der Waals surface area contributed by atoms with Gasteiger partial charge in [0, 0.05) is 17.6 Å². The Bertz CT molecular complexity index is 449. The zero-order valence-corrected chi connectivity index (χ0v) is 13.3. The van der Waals surface area contributed by atoms with E-state index in [0.717, 1.165) is 11.1 Å². The van der Waals surface area contributed by atoms with Gasteiger partial charge in [0.15, 0.2) is 0 Å². The second-order valence-corrected chi connectivity index (χ2v) is 6.32. The normalized spacial score (nSPS) is 12.9. The van der Waals surface area contributed by atoms with Gasteiger partial charge in [0.2, 0.25) is 0 Å². The third-order valence-corrected chi connectivity index (χ3v) is 2.83. The summed E-state index contributed by atoms with van der Waals surface area (Å²) in [7, 11) is 0. The summed E-state index contributed by atoms with van der Waals surface area (Å²) in [5.74, 6) is 0. The van der Waals surface area contributed by atoms with Gasteiger partial charge in [0.05, 0.1) is 0 Å². The average Bonchev–Trinajstić information content (AvgIpc) is 2.24. The summed E-state index contributed by atoms with van der Waals surface area (Å²) in [6.07, 6.45) is 0.200. The Labute approximate surface area is 125 Å². The van der Waals surface area contributed by atoms with E-state index in [-0.39, 0.29) is 6.04 Å². The van der Waals surface area contributed by atoms with E-state index in [1.165, 1.54) is 0 Å². The van der Waals surface area contributed by atoms with E-state index < -0.39 is 11.7 Å². The van der Waals surface area contributed by atoms with E-state index in [1.54, 1.807) is 0 Å². The van der Waals surface area contributed by atoms with Crippen LogP contribution in [0.1, 0.15) is 44.4 Å². The highest BCUT2D eigenvalue weighted by molar-refractivity contribution is 6.30. The molecule has 112 valence electrons. The first-order chi connectivity index (χ1) is 9.17. The van der Waals surface area contributed by atoms with Crippen LogP contribution in [0, 0.1) is 6.92 Å². The first-order valence-electron chi connectivity index (χ1n) is 6.67. The lowest BCUT2D eigenvalue weighted by Gasteiger charge is -2.20. The van der Waals surface area contributed by atoms with E-state index in [0.29, 0.717) is 18.0 Å². The lowest BCUT2D eigenvalue weighted by molar-refractivity contribution is 0.0526. The monoisotopic (exact) mass is 298 g/mol. The summed E-state index contributed by atoms with van der Waals surface area (Å²) in [6, 6.07) is 5.58. The summed E-state index contributed by atoms with van der Waals surface area (Å²) in [5.41, 5.74) is 7.65. The quantitative estimate of drug-likeness (QED) is 0.893. The fourth-order valence-corrected chi connectivity index (χ4v) is 2.09. The molecule has 0 saturated heterocycles. The molecule has 3 N–H and O–H groups in total. The van der Waals surface area contributed by atoms with Gasteiger partial charge in [-0.2, -0.15) is 0 Å². The zero-order chi connectivity index (χ0) is 15.3. The highest BCUT2D eigenvalue weighted by Gasteiger charge is 2.16. The van der Waals surface area contributed by atoms with Crippen LogP contribution >= 0.6 is 11.6 Å². The Kier molecular flexibility index (Phi) is 5.84. The topological polar surface area (TPSA) is 64.3 Å². The SMILES string of the molecule is Cc1cc(Cl)cc(C(N)CCNC(=O)OC(C)(C)C)c1. The van der Waals surface area contributed by atoms with Gasteiger partial charge in [-0.3, -0.25) is 0 Å². The number of alkyl carbamates (subject to hydrolysis) is 1. The minimum absolute atomic E-state index is 0.165. The maximum absolute atomic E-state index is 11.5. The third-order valence-electron chi connectivity index (χ3n) is 2.62. The van der Waals surface area contributed by atoms with Gasteiger partial charge in [-0.25, -0.2) is 4.79 Å². The number of aryl methyl sites for hydroxylation is 1. The smallest absolute Gasteiger partial charge is 0.407 e. The lowest BCUT2D eigenvalue weighted by atomic mass is 10.0. The second kappa shape index (κ2) is 6.95. The molecular weight excluding hydrogens is 276 g/mol. The lowest BCUT2D eigenvalue weighted by Crippen LogP contribution is -2.34. The van der Waals surface area contributed by atoms with Gasteiger partial charge in [0.1, 0.15) is 5.60 Å². The minimum Gasteiger partial charge on any atom is -0.444 e. The van der Waals surface area contributed by atoms with Gasteiger partial charge < -0.3 is 15.8 Å². The van der Waals surface area contributed by atoms with Crippen molar-refractivity contribution in [2.45, 2.75) is 45.8 Å². The predicted octanol–water partition coefficient (Wildman–Crippen LogP) is 3.56. The number of amides is 1. The van der Waals surface area contributed by atoms with Crippen molar-refractivity contribution in [3.8, 4) is 0 Å². The Hall–Kier alpha value is -1.26. The second-order valence-electron chi connectivity index (χ2n) is 5.89. The van der Waals surface area contributed by atoms with Crippen LogP contribution in [0.2, 0.25) is 5.02 Å². The molecule has 0 aliphatic carbocycles. The highest BCUT2D eigenvalue weighted by atomic mass is 35.5. The number of hydrogen-bond acceptors (Lipinski definition) is 3.